The van der Waals surface area contributed by atoms with Crippen molar-refractivity contribution in [3.05, 3.63) is 34.9 Å². The van der Waals surface area contributed by atoms with Crippen LogP contribution in [-0.4, -0.2) is 29.7 Å². The number of piperidine rings is 1. The van der Waals surface area contributed by atoms with Crippen LogP contribution in [0.2, 0.25) is 0 Å². The molecule has 3 rings (SSSR count). The Morgan fingerprint density at radius 1 is 1.29 bits per heavy atom. The van der Waals surface area contributed by atoms with Crippen molar-refractivity contribution in [2.24, 2.45) is 11.3 Å². The smallest absolute Gasteiger partial charge is 0.253 e. The summed E-state index contributed by atoms with van der Waals surface area (Å²) < 4.78 is 0. The lowest BCUT2D eigenvalue weighted by molar-refractivity contribution is -0.134. The topological polar surface area (TPSA) is 78.4 Å². The van der Waals surface area contributed by atoms with Crippen LogP contribution in [0.1, 0.15) is 54.6 Å². The molecule has 1 fully saturated rings. The maximum atomic E-state index is 12.3. The van der Waals surface area contributed by atoms with Gasteiger partial charge in [-0.3, -0.25) is 9.59 Å². The molecule has 1 heterocycles. The molecule has 0 saturated carbocycles. The Bertz CT molecular complexity index is 656. The van der Waals surface area contributed by atoms with Crippen LogP contribution in [0.3, 0.4) is 0 Å². The lowest BCUT2D eigenvalue weighted by atomic mass is 9.67. The summed E-state index contributed by atoms with van der Waals surface area (Å²) in [6.07, 6.45) is 3.55. The summed E-state index contributed by atoms with van der Waals surface area (Å²) in [6.45, 7) is 4.49. The second-order valence-corrected chi connectivity index (χ2v) is 7.46. The minimum absolute atomic E-state index is 0.0313. The summed E-state index contributed by atoms with van der Waals surface area (Å²) in [5, 5.41) is 15.4. The number of fused-ring (bicyclic) bond motifs is 1. The maximum Gasteiger partial charge on any atom is 0.253 e. The van der Waals surface area contributed by atoms with E-state index in [1.54, 1.807) is 6.07 Å². The number of aryl methyl sites for hydroxylation is 1. The van der Waals surface area contributed by atoms with E-state index in [1.807, 2.05) is 26.0 Å². The van der Waals surface area contributed by atoms with Gasteiger partial charge < -0.3 is 15.7 Å². The van der Waals surface area contributed by atoms with Crippen molar-refractivity contribution in [3.8, 4) is 0 Å². The van der Waals surface area contributed by atoms with Crippen molar-refractivity contribution >= 4 is 11.8 Å². The van der Waals surface area contributed by atoms with E-state index >= 15 is 0 Å². The van der Waals surface area contributed by atoms with Crippen LogP contribution in [0.25, 0.3) is 0 Å². The maximum absolute atomic E-state index is 12.3. The Hall–Kier alpha value is -1.88. The number of hydrogen-bond donors (Lipinski definition) is 3. The van der Waals surface area contributed by atoms with E-state index in [2.05, 4.69) is 10.6 Å². The van der Waals surface area contributed by atoms with E-state index in [4.69, 9.17) is 0 Å². The molecule has 24 heavy (non-hydrogen) atoms. The monoisotopic (exact) mass is 330 g/mol. The van der Waals surface area contributed by atoms with Crippen molar-refractivity contribution in [2.45, 2.75) is 52.2 Å². The lowest BCUT2D eigenvalue weighted by Gasteiger charge is -2.40. The molecule has 1 aromatic carbocycles. The molecule has 1 aromatic rings. The molecule has 1 aliphatic heterocycles. The Labute approximate surface area is 142 Å². The highest BCUT2D eigenvalue weighted by Gasteiger charge is 2.42. The molecule has 2 amide bonds. The fraction of sp³-hybridized carbons (Fsp3) is 0.579. The van der Waals surface area contributed by atoms with Crippen molar-refractivity contribution < 1.29 is 14.7 Å². The van der Waals surface area contributed by atoms with Crippen LogP contribution in [-0.2, 0) is 17.6 Å². The zero-order valence-electron chi connectivity index (χ0n) is 14.4. The number of carbonyl (C=O) groups is 2. The van der Waals surface area contributed by atoms with E-state index in [0.717, 1.165) is 44.2 Å². The van der Waals surface area contributed by atoms with Crippen LogP contribution < -0.4 is 10.6 Å². The number of benzene rings is 1. The number of rotatable bonds is 3. The third kappa shape index (κ3) is 3.18. The summed E-state index contributed by atoms with van der Waals surface area (Å²) in [5.74, 6) is -0.104. The third-order valence-electron chi connectivity index (χ3n) is 5.38. The minimum Gasteiger partial charge on any atom is -0.373 e. The van der Waals surface area contributed by atoms with Crippen LogP contribution in [0, 0.1) is 11.3 Å². The molecule has 1 saturated heterocycles. The predicted molar refractivity (Wildman–Crippen MR) is 91.5 cm³/mol. The largest absolute Gasteiger partial charge is 0.373 e. The normalized spacial score (nSPS) is 24.4. The second kappa shape index (κ2) is 6.55. The molecule has 1 aliphatic carbocycles. The fourth-order valence-electron chi connectivity index (χ4n) is 3.72. The van der Waals surface area contributed by atoms with Gasteiger partial charge in [-0.25, -0.2) is 0 Å². The molecular weight excluding hydrogens is 304 g/mol. The molecule has 2 atom stereocenters. The van der Waals surface area contributed by atoms with Gasteiger partial charge in [0.2, 0.25) is 5.91 Å². The zero-order chi connectivity index (χ0) is 17.3. The van der Waals surface area contributed by atoms with E-state index in [9.17, 15) is 14.7 Å². The first kappa shape index (κ1) is 17.0. The molecule has 3 N–H and O–H groups in total. The average molecular weight is 330 g/mol. The molecule has 1 spiro atoms. The molecule has 2 aliphatic rings. The Kier molecular flexibility index (Phi) is 4.63. The lowest BCUT2D eigenvalue weighted by Crippen LogP contribution is -2.48. The van der Waals surface area contributed by atoms with Gasteiger partial charge in [-0.1, -0.05) is 19.9 Å². The molecular formula is C19H26N2O3. The van der Waals surface area contributed by atoms with Crippen LogP contribution in [0.15, 0.2) is 18.2 Å². The Morgan fingerprint density at radius 2 is 2.08 bits per heavy atom. The number of nitrogens with one attached hydrogen (secondary N) is 2. The number of aliphatic hydroxyl groups excluding tert-OH is 1. The van der Waals surface area contributed by atoms with Gasteiger partial charge in [0.1, 0.15) is 6.23 Å². The molecule has 0 bridgehead atoms. The average Bonchev–Trinajstić information content (AvgIpc) is 2.57. The SMILES string of the molecule is CC(C)C(O)NC(=O)c1ccc2c(c1)CC[C@]1(CCCNC1=O)C2. The van der Waals surface area contributed by atoms with Crippen molar-refractivity contribution in [1.82, 2.24) is 10.6 Å². The van der Waals surface area contributed by atoms with Gasteiger partial charge in [-0.2, -0.15) is 0 Å². The molecule has 5 nitrogen and oxygen atoms in total. The number of hydrogen-bond acceptors (Lipinski definition) is 3. The minimum atomic E-state index is -0.845. The van der Waals surface area contributed by atoms with Crippen LogP contribution in [0.4, 0.5) is 0 Å². The number of carbonyl (C=O) groups excluding carboxylic acids is 2. The first-order valence-electron chi connectivity index (χ1n) is 8.80. The standard InChI is InChI=1S/C19H26N2O3/c1-12(2)16(22)21-17(23)14-4-5-15-11-19(8-6-13(15)10-14)7-3-9-20-18(19)24/h4-5,10,12,16,22H,3,6-9,11H2,1-2H3,(H,20,24)(H,21,23)/t16?,19-/m1/s1. The molecule has 1 unspecified atom stereocenters. The summed E-state index contributed by atoms with van der Waals surface area (Å²) in [4.78, 5) is 24.6. The predicted octanol–water partition coefficient (Wildman–Crippen LogP) is 1.78. The van der Waals surface area contributed by atoms with Crippen molar-refractivity contribution in [2.75, 3.05) is 6.54 Å². The summed E-state index contributed by atoms with van der Waals surface area (Å²) in [6, 6.07) is 5.67. The third-order valence-corrected chi connectivity index (χ3v) is 5.38. The van der Waals surface area contributed by atoms with Gasteiger partial charge in [-0.15, -0.1) is 0 Å². The van der Waals surface area contributed by atoms with E-state index < -0.39 is 6.23 Å². The first-order valence-corrected chi connectivity index (χ1v) is 8.80. The summed E-state index contributed by atoms with van der Waals surface area (Å²) in [7, 11) is 0. The molecule has 130 valence electrons. The van der Waals surface area contributed by atoms with Gasteiger partial charge in [-0.05, 0) is 61.3 Å². The fourth-order valence-corrected chi connectivity index (χ4v) is 3.72. The second-order valence-electron chi connectivity index (χ2n) is 7.46. The van der Waals surface area contributed by atoms with Gasteiger partial charge in [0.05, 0.1) is 5.41 Å². The highest BCUT2D eigenvalue weighted by molar-refractivity contribution is 5.94. The van der Waals surface area contributed by atoms with E-state index in [-0.39, 0.29) is 23.1 Å². The van der Waals surface area contributed by atoms with E-state index in [0.29, 0.717) is 5.56 Å². The molecule has 5 heteroatoms. The highest BCUT2D eigenvalue weighted by Crippen LogP contribution is 2.41. The Morgan fingerprint density at radius 3 is 2.79 bits per heavy atom. The number of amides is 2. The quantitative estimate of drug-likeness (QED) is 0.739. The van der Waals surface area contributed by atoms with Gasteiger partial charge >= 0.3 is 0 Å². The van der Waals surface area contributed by atoms with E-state index in [1.165, 1.54) is 5.56 Å². The van der Waals surface area contributed by atoms with Gasteiger partial charge in [0.15, 0.2) is 0 Å². The van der Waals surface area contributed by atoms with Crippen LogP contribution in [0.5, 0.6) is 0 Å². The first-order chi connectivity index (χ1) is 11.4. The summed E-state index contributed by atoms with van der Waals surface area (Å²) in [5.41, 5.74) is 2.62. The molecule has 0 radical (unpaired) electrons. The zero-order valence-corrected chi connectivity index (χ0v) is 14.4. The van der Waals surface area contributed by atoms with Gasteiger partial charge in [0.25, 0.3) is 5.91 Å². The Balaban J connectivity index is 1.76. The van der Waals surface area contributed by atoms with Crippen molar-refractivity contribution in [1.29, 1.82) is 0 Å². The van der Waals surface area contributed by atoms with Crippen molar-refractivity contribution in [3.63, 3.8) is 0 Å². The molecule has 0 aromatic heterocycles. The summed E-state index contributed by atoms with van der Waals surface area (Å²) >= 11 is 0. The highest BCUT2D eigenvalue weighted by atomic mass is 16.3. The van der Waals surface area contributed by atoms with Crippen LogP contribution >= 0.6 is 0 Å². The number of aliphatic hydroxyl groups is 1. The van der Waals surface area contributed by atoms with Gasteiger partial charge in [0, 0.05) is 12.1 Å².